The minimum atomic E-state index is -2.83. The van der Waals surface area contributed by atoms with E-state index in [1.54, 1.807) is 11.3 Å². The second kappa shape index (κ2) is 6.72. The lowest BCUT2D eigenvalue weighted by Gasteiger charge is -2.22. The van der Waals surface area contributed by atoms with E-state index in [1.807, 2.05) is 18.5 Å². The van der Waals surface area contributed by atoms with Gasteiger partial charge in [-0.2, -0.15) is 0 Å². The Balaban J connectivity index is 1.92. The van der Waals surface area contributed by atoms with Crippen LogP contribution in [0.2, 0.25) is 0 Å². The Bertz CT molecular complexity index is 610. The van der Waals surface area contributed by atoms with Crippen LogP contribution in [0.1, 0.15) is 23.3 Å². The van der Waals surface area contributed by atoms with E-state index >= 15 is 0 Å². The molecule has 1 aliphatic rings. The monoisotopic (exact) mass is 313 g/mol. The zero-order valence-electron chi connectivity index (χ0n) is 11.5. The van der Waals surface area contributed by atoms with E-state index in [0.29, 0.717) is 12.2 Å². The van der Waals surface area contributed by atoms with Crippen LogP contribution >= 0.6 is 11.3 Å². The first-order chi connectivity index (χ1) is 9.50. The summed E-state index contributed by atoms with van der Waals surface area (Å²) in [5.41, 5.74) is 0.964. The van der Waals surface area contributed by atoms with Crippen molar-refractivity contribution in [2.75, 3.05) is 25.2 Å². The summed E-state index contributed by atoms with van der Waals surface area (Å²) in [7, 11) is -0.852. The fourth-order valence-electron chi connectivity index (χ4n) is 2.25. The third-order valence-electron chi connectivity index (χ3n) is 3.36. The first-order valence-corrected chi connectivity index (χ1v) is 9.28. The SMILES string of the molecule is CN(Cc1cc(C#CCCO)cs1)C1CCS(=O)(=O)C1. The van der Waals surface area contributed by atoms with Gasteiger partial charge in [-0.1, -0.05) is 11.8 Å². The summed E-state index contributed by atoms with van der Waals surface area (Å²) in [6.45, 7) is 0.843. The Labute approximate surface area is 124 Å². The Hall–Kier alpha value is -0.870. The maximum atomic E-state index is 11.5. The average Bonchev–Trinajstić information content (AvgIpc) is 2.96. The normalized spacial score (nSPS) is 20.9. The molecular weight excluding hydrogens is 294 g/mol. The molecule has 2 heterocycles. The van der Waals surface area contributed by atoms with Crippen LogP contribution in [-0.4, -0.2) is 49.6 Å². The Morgan fingerprint density at radius 3 is 3.00 bits per heavy atom. The first kappa shape index (κ1) is 15.5. The van der Waals surface area contributed by atoms with E-state index in [1.165, 1.54) is 4.88 Å². The maximum Gasteiger partial charge on any atom is 0.151 e. The number of thiophene rings is 1. The highest BCUT2D eigenvalue weighted by atomic mass is 32.2. The summed E-state index contributed by atoms with van der Waals surface area (Å²) >= 11 is 1.64. The van der Waals surface area contributed by atoms with Crippen molar-refractivity contribution in [1.29, 1.82) is 0 Å². The molecule has 1 N–H and O–H groups in total. The van der Waals surface area contributed by atoms with Crippen LogP contribution in [0, 0.1) is 11.8 Å². The minimum absolute atomic E-state index is 0.0862. The standard InChI is InChI=1S/C14H19NO3S2/c1-15(13-5-7-20(17,18)11-13)9-14-8-12(10-19-14)4-2-3-6-16/h8,10,13,16H,3,5-7,9,11H2,1H3. The number of aliphatic hydroxyl groups excluding tert-OH is 1. The third kappa shape index (κ3) is 4.32. The summed E-state index contributed by atoms with van der Waals surface area (Å²) in [5.74, 6) is 6.49. The molecule has 1 unspecified atom stereocenters. The van der Waals surface area contributed by atoms with Crippen LogP contribution in [0.5, 0.6) is 0 Å². The number of hydrogen-bond acceptors (Lipinski definition) is 5. The topological polar surface area (TPSA) is 57.6 Å². The lowest BCUT2D eigenvalue weighted by molar-refractivity contribution is 0.256. The molecule has 0 radical (unpaired) electrons. The summed E-state index contributed by atoms with van der Waals surface area (Å²) in [6.07, 6.45) is 1.22. The largest absolute Gasteiger partial charge is 0.395 e. The fourth-order valence-corrected chi connectivity index (χ4v) is 4.93. The van der Waals surface area contributed by atoms with Gasteiger partial charge in [0.2, 0.25) is 0 Å². The molecule has 1 fully saturated rings. The fraction of sp³-hybridized carbons (Fsp3) is 0.571. The first-order valence-electron chi connectivity index (χ1n) is 6.58. The van der Waals surface area contributed by atoms with Gasteiger partial charge in [0, 0.05) is 34.8 Å². The van der Waals surface area contributed by atoms with Crippen LogP contribution in [0.3, 0.4) is 0 Å². The van der Waals surface area contributed by atoms with Crippen molar-refractivity contribution in [2.24, 2.45) is 0 Å². The zero-order chi connectivity index (χ0) is 14.6. The summed E-state index contributed by atoms with van der Waals surface area (Å²) in [6, 6.07) is 2.17. The van der Waals surface area contributed by atoms with Crippen molar-refractivity contribution >= 4 is 21.2 Å². The quantitative estimate of drug-likeness (QED) is 0.846. The van der Waals surface area contributed by atoms with Crippen molar-refractivity contribution in [3.8, 4) is 11.8 Å². The Morgan fingerprint density at radius 2 is 2.35 bits per heavy atom. The molecule has 6 heteroatoms. The molecular formula is C14H19NO3S2. The van der Waals surface area contributed by atoms with Gasteiger partial charge in [0.15, 0.2) is 9.84 Å². The third-order valence-corrected chi connectivity index (χ3v) is 6.03. The highest BCUT2D eigenvalue weighted by Gasteiger charge is 2.30. The van der Waals surface area contributed by atoms with E-state index in [2.05, 4.69) is 16.7 Å². The van der Waals surface area contributed by atoms with E-state index in [0.717, 1.165) is 18.5 Å². The van der Waals surface area contributed by atoms with E-state index in [4.69, 9.17) is 5.11 Å². The predicted octanol–water partition coefficient (Wildman–Crippen LogP) is 1.10. The number of aliphatic hydroxyl groups is 1. The van der Waals surface area contributed by atoms with E-state index < -0.39 is 9.84 Å². The molecule has 2 rings (SSSR count). The van der Waals surface area contributed by atoms with Crippen molar-refractivity contribution < 1.29 is 13.5 Å². The van der Waals surface area contributed by atoms with Gasteiger partial charge in [-0.3, -0.25) is 4.90 Å². The molecule has 1 aromatic heterocycles. The summed E-state index contributed by atoms with van der Waals surface area (Å²) in [5, 5.41) is 10.7. The van der Waals surface area contributed by atoms with E-state index in [9.17, 15) is 8.42 Å². The molecule has 1 atom stereocenters. The number of nitrogens with zero attached hydrogens (tertiary/aromatic N) is 1. The average molecular weight is 313 g/mol. The van der Waals surface area contributed by atoms with Gasteiger partial charge in [0.25, 0.3) is 0 Å². The smallest absolute Gasteiger partial charge is 0.151 e. The predicted molar refractivity (Wildman–Crippen MR) is 81.4 cm³/mol. The van der Waals surface area contributed by atoms with Crippen molar-refractivity contribution in [1.82, 2.24) is 4.90 Å². The van der Waals surface area contributed by atoms with Crippen molar-refractivity contribution in [2.45, 2.75) is 25.4 Å². The van der Waals surface area contributed by atoms with Crippen molar-refractivity contribution in [3.63, 3.8) is 0 Å². The molecule has 4 nitrogen and oxygen atoms in total. The van der Waals surface area contributed by atoms with Gasteiger partial charge in [0.1, 0.15) is 0 Å². The molecule has 1 aromatic rings. The molecule has 1 saturated heterocycles. The molecule has 0 saturated carbocycles. The minimum Gasteiger partial charge on any atom is -0.395 e. The lowest BCUT2D eigenvalue weighted by Crippen LogP contribution is -2.31. The molecule has 0 aliphatic carbocycles. The van der Waals surface area contributed by atoms with Crippen LogP contribution < -0.4 is 0 Å². The number of hydrogen-bond donors (Lipinski definition) is 1. The van der Waals surface area contributed by atoms with Crippen molar-refractivity contribution in [3.05, 3.63) is 21.9 Å². The van der Waals surface area contributed by atoms with Crippen LogP contribution in [-0.2, 0) is 16.4 Å². The van der Waals surface area contributed by atoms with Gasteiger partial charge in [-0.15, -0.1) is 11.3 Å². The maximum absolute atomic E-state index is 11.5. The van der Waals surface area contributed by atoms with Crippen LogP contribution in [0.15, 0.2) is 11.4 Å². The van der Waals surface area contributed by atoms with Gasteiger partial charge in [-0.05, 0) is 19.5 Å². The molecule has 110 valence electrons. The second-order valence-corrected chi connectivity index (χ2v) is 8.27. The molecule has 0 spiro atoms. The summed E-state index contributed by atoms with van der Waals surface area (Å²) < 4.78 is 23.0. The van der Waals surface area contributed by atoms with E-state index in [-0.39, 0.29) is 18.4 Å². The zero-order valence-corrected chi connectivity index (χ0v) is 13.1. The number of rotatable bonds is 4. The molecule has 0 amide bonds. The number of sulfone groups is 1. The highest BCUT2D eigenvalue weighted by molar-refractivity contribution is 7.91. The highest BCUT2D eigenvalue weighted by Crippen LogP contribution is 2.21. The van der Waals surface area contributed by atoms with Gasteiger partial charge in [-0.25, -0.2) is 8.42 Å². The molecule has 20 heavy (non-hydrogen) atoms. The van der Waals surface area contributed by atoms with Crippen LogP contribution in [0.4, 0.5) is 0 Å². The Morgan fingerprint density at radius 1 is 1.55 bits per heavy atom. The second-order valence-electron chi connectivity index (χ2n) is 5.05. The van der Waals surface area contributed by atoms with Gasteiger partial charge < -0.3 is 5.11 Å². The molecule has 1 aliphatic heterocycles. The molecule has 0 aromatic carbocycles. The Kier molecular flexibility index (Phi) is 5.22. The summed E-state index contributed by atoms with van der Waals surface area (Å²) in [4.78, 5) is 3.30. The lowest BCUT2D eigenvalue weighted by atomic mass is 10.2. The van der Waals surface area contributed by atoms with Crippen LogP contribution in [0.25, 0.3) is 0 Å². The molecule has 0 bridgehead atoms. The van der Waals surface area contributed by atoms with Gasteiger partial charge >= 0.3 is 0 Å². The van der Waals surface area contributed by atoms with Gasteiger partial charge in [0.05, 0.1) is 18.1 Å².